The van der Waals surface area contributed by atoms with Crippen LogP contribution in [0.25, 0.3) is 0 Å². The lowest BCUT2D eigenvalue weighted by Crippen LogP contribution is -2.64. The molecule has 4 nitrogen and oxygen atoms in total. The van der Waals surface area contributed by atoms with Crippen LogP contribution >= 0.6 is 0 Å². The van der Waals surface area contributed by atoms with Crippen molar-refractivity contribution in [3.63, 3.8) is 0 Å². The summed E-state index contributed by atoms with van der Waals surface area (Å²) in [4.78, 5) is 2.43. The molecule has 110 valence electrons. The highest BCUT2D eigenvalue weighted by atomic mass is 16.5. The molecule has 2 aliphatic heterocycles. The van der Waals surface area contributed by atoms with Crippen LogP contribution in [0.3, 0.4) is 0 Å². The second-order valence-electron chi connectivity index (χ2n) is 6.93. The number of ether oxygens (including phenoxy) is 1. The second kappa shape index (κ2) is 3.62. The minimum absolute atomic E-state index is 0.160. The fourth-order valence-electron chi connectivity index (χ4n) is 5.24. The number of benzene rings is 1. The van der Waals surface area contributed by atoms with E-state index in [1.54, 1.807) is 6.07 Å². The number of likely N-dealkylation sites (N-methyl/N-ethyl adjacent to an activating group) is 1. The first-order valence-electron chi connectivity index (χ1n) is 7.71. The molecule has 0 amide bonds. The Morgan fingerprint density at radius 3 is 3.05 bits per heavy atom. The van der Waals surface area contributed by atoms with Gasteiger partial charge in [0.2, 0.25) is 0 Å². The Kier molecular flexibility index (Phi) is 2.08. The quantitative estimate of drug-likeness (QED) is 0.703. The second-order valence-corrected chi connectivity index (χ2v) is 6.93. The van der Waals surface area contributed by atoms with Crippen LogP contribution in [0.2, 0.25) is 0 Å². The minimum atomic E-state index is -0.594. The van der Waals surface area contributed by atoms with Crippen molar-refractivity contribution in [3.8, 4) is 11.5 Å². The molecular weight excluding hydrogens is 266 g/mol. The van der Waals surface area contributed by atoms with Gasteiger partial charge in [-0.25, -0.2) is 0 Å². The van der Waals surface area contributed by atoms with E-state index in [1.807, 2.05) is 12.1 Å². The number of aliphatic hydroxyl groups excluding tert-OH is 1. The zero-order chi connectivity index (χ0) is 14.4. The molecule has 21 heavy (non-hydrogen) atoms. The van der Waals surface area contributed by atoms with Gasteiger partial charge < -0.3 is 19.8 Å². The number of nitrogens with zero attached hydrogens (tertiary/aromatic N) is 1. The number of phenolic OH excluding ortho intramolecular Hbond substituents is 1. The highest BCUT2D eigenvalue weighted by molar-refractivity contribution is 5.61. The SMILES string of the molecule is CN1CCC23c4c5ccc(O)c4O[C@@H]2[C@H](O)C=CC3C1C5. The summed E-state index contributed by atoms with van der Waals surface area (Å²) in [7, 11) is 2.19. The summed E-state index contributed by atoms with van der Waals surface area (Å²) in [5.41, 5.74) is 2.29. The molecule has 0 radical (unpaired) electrons. The van der Waals surface area contributed by atoms with Crippen molar-refractivity contribution in [1.29, 1.82) is 0 Å². The van der Waals surface area contributed by atoms with Crippen LogP contribution in [-0.2, 0) is 11.8 Å². The van der Waals surface area contributed by atoms with Crippen molar-refractivity contribution in [2.75, 3.05) is 13.6 Å². The van der Waals surface area contributed by atoms with Gasteiger partial charge in [-0.05, 0) is 38.1 Å². The van der Waals surface area contributed by atoms with Gasteiger partial charge in [0.1, 0.15) is 12.2 Å². The molecule has 4 heteroatoms. The van der Waals surface area contributed by atoms with E-state index in [9.17, 15) is 10.2 Å². The lowest BCUT2D eigenvalue weighted by Gasteiger charge is -2.56. The van der Waals surface area contributed by atoms with E-state index in [0.29, 0.717) is 17.7 Å². The molecule has 3 unspecified atom stereocenters. The molecule has 2 heterocycles. The summed E-state index contributed by atoms with van der Waals surface area (Å²) in [5, 5.41) is 20.6. The average molecular weight is 285 g/mol. The average Bonchev–Trinajstić information content (AvgIpc) is 2.83. The zero-order valence-corrected chi connectivity index (χ0v) is 12.0. The third-order valence-corrected chi connectivity index (χ3v) is 6.15. The van der Waals surface area contributed by atoms with Gasteiger partial charge in [-0.3, -0.25) is 0 Å². The summed E-state index contributed by atoms with van der Waals surface area (Å²) >= 11 is 0. The maximum Gasteiger partial charge on any atom is 0.165 e. The number of phenols is 1. The van der Waals surface area contributed by atoms with Crippen LogP contribution in [-0.4, -0.2) is 47.0 Å². The Morgan fingerprint density at radius 2 is 2.19 bits per heavy atom. The van der Waals surface area contributed by atoms with Gasteiger partial charge >= 0.3 is 0 Å². The standard InChI is InChI=1S/C17H19NO3/c1-18-7-6-17-10-3-5-13(20)16(17)21-15-12(19)4-2-9(14(15)17)8-11(10)18/h2-5,10-11,13,16,19-20H,6-8H2,1H3/t10?,11?,13-,16-,17?/m1/s1. The highest BCUT2D eigenvalue weighted by Crippen LogP contribution is 2.62. The predicted octanol–water partition coefficient (Wildman–Crippen LogP) is 1.20. The van der Waals surface area contributed by atoms with E-state index >= 15 is 0 Å². The Hall–Kier alpha value is -1.52. The molecule has 1 saturated heterocycles. The van der Waals surface area contributed by atoms with Crippen LogP contribution in [0.15, 0.2) is 24.3 Å². The number of hydrogen-bond acceptors (Lipinski definition) is 4. The van der Waals surface area contributed by atoms with Crippen molar-refractivity contribution in [3.05, 3.63) is 35.4 Å². The van der Waals surface area contributed by atoms with E-state index in [4.69, 9.17) is 4.74 Å². The van der Waals surface area contributed by atoms with Crippen molar-refractivity contribution < 1.29 is 14.9 Å². The molecular formula is C17H19NO3. The molecule has 4 aliphatic rings. The maximum atomic E-state index is 10.4. The van der Waals surface area contributed by atoms with E-state index in [2.05, 4.69) is 18.0 Å². The number of rotatable bonds is 0. The molecule has 0 saturated carbocycles. The minimum Gasteiger partial charge on any atom is -0.504 e. The van der Waals surface area contributed by atoms with Crippen molar-refractivity contribution >= 4 is 0 Å². The fourth-order valence-corrected chi connectivity index (χ4v) is 5.24. The van der Waals surface area contributed by atoms with Crippen LogP contribution in [0, 0.1) is 5.92 Å². The van der Waals surface area contributed by atoms with Crippen molar-refractivity contribution in [1.82, 2.24) is 4.90 Å². The highest BCUT2D eigenvalue weighted by Gasteiger charge is 2.64. The topological polar surface area (TPSA) is 52.9 Å². The lowest BCUT2D eigenvalue weighted by molar-refractivity contribution is -0.0453. The molecule has 1 spiro atoms. The molecule has 5 rings (SSSR count). The first-order valence-corrected chi connectivity index (χ1v) is 7.71. The van der Waals surface area contributed by atoms with Gasteiger partial charge in [-0.15, -0.1) is 0 Å². The number of piperidine rings is 1. The van der Waals surface area contributed by atoms with Crippen LogP contribution < -0.4 is 4.74 Å². The molecule has 0 aromatic heterocycles. The van der Waals surface area contributed by atoms with Gasteiger partial charge in [0.15, 0.2) is 11.5 Å². The van der Waals surface area contributed by atoms with E-state index in [-0.39, 0.29) is 17.3 Å². The van der Waals surface area contributed by atoms with Crippen molar-refractivity contribution in [2.45, 2.75) is 36.5 Å². The third kappa shape index (κ3) is 1.21. The molecule has 2 bridgehead atoms. The summed E-state index contributed by atoms with van der Waals surface area (Å²) in [5.74, 6) is 1.19. The van der Waals surface area contributed by atoms with Gasteiger partial charge in [-0.2, -0.15) is 0 Å². The summed E-state index contributed by atoms with van der Waals surface area (Å²) in [6.07, 6.45) is 5.18. The Balaban J connectivity index is 1.84. The smallest absolute Gasteiger partial charge is 0.165 e. The monoisotopic (exact) mass is 285 g/mol. The molecule has 5 atom stereocenters. The van der Waals surface area contributed by atoms with E-state index in [1.165, 1.54) is 11.1 Å². The molecule has 1 aromatic rings. The van der Waals surface area contributed by atoms with Crippen LogP contribution in [0.1, 0.15) is 17.5 Å². The molecule has 1 fully saturated rings. The number of likely N-dealkylation sites (tertiary alicyclic amines) is 1. The number of aliphatic hydroxyl groups is 1. The zero-order valence-electron chi connectivity index (χ0n) is 12.0. The number of hydrogen-bond donors (Lipinski definition) is 2. The maximum absolute atomic E-state index is 10.4. The van der Waals surface area contributed by atoms with Crippen molar-refractivity contribution in [2.24, 2.45) is 5.92 Å². The lowest BCUT2D eigenvalue weighted by atomic mass is 9.53. The van der Waals surface area contributed by atoms with Gasteiger partial charge in [0.25, 0.3) is 0 Å². The number of aromatic hydroxyl groups is 1. The van der Waals surface area contributed by atoms with E-state index < -0.39 is 6.10 Å². The largest absolute Gasteiger partial charge is 0.504 e. The summed E-state index contributed by atoms with van der Waals surface area (Å²) in [6, 6.07) is 4.23. The van der Waals surface area contributed by atoms with Gasteiger partial charge in [-0.1, -0.05) is 18.2 Å². The Bertz CT molecular complexity index is 670. The first-order chi connectivity index (χ1) is 10.1. The summed E-state index contributed by atoms with van der Waals surface area (Å²) < 4.78 is 6.09. The molecule has 2 aliphatic carbocycles. The van der Waals surface area contributed by atoms with Gasteiger partial charge in [0, 0.05) is 22.9 Å². The summed E-state index contributed by atoms with van der Waals surface area (Å²) in [6.45, 7) is 1.01. The van der Waals surface area contributed by atoms with Crippen LogP contribution in [0.4, 0.5) is 0 Å². The van der Waals surface area contributed by atoms with E-state index in [0.717, 1.165) is 19.4 Å². The Labute approximate surface area is 123 Å². The predicted molar refractivity (Wildman–Crippen MR) is 77.6 cm³/mol. The van der Waals surface area contributed by atoms with Crippen LogP contribution in [0.5, 0.6) is 11.5 Å². The first kappa shape index (κ1) is 12.1. The molecule has 2 N–H and O–H groups in total. The third-order valence-electron chi connectivity index (χ3n) is 6.15. The molecule has 1 aromatic carbocycles. The normalized spacial score (nSPS) is 42.6. The fraction of sp³-hybridized carbons (Fsp3) is 0.529. The Morgan fingerprint density at radius 1 is 1.33 bits per heavy atom. The van der Waals surface area contributed by atoms with Gasteiger partial charge in [0.05, 0.1) is 0 Å².